The summed E-state index contributed by atoms with van der Waals surface area (Å²) < 4.78 is 0. The predicted octanol–water partition coefficient (Wildman–Crippen LogP) is 2.41. The number of anilines is 1. The number of likely N-dealkylation sites (N-methyl/N-ethyl adjacent to an activating group) is 1. The number of nitrogens with zero attached hydrogens (tertiary/aromatic N) is 6. The van der Waals surface area contributed by atoms with Crippen LogP contribution < -0.4 is 4.90 Å². The van der Waals surface area contributed by atoms with Crippen LogP contribution in [0.4, 0.5) is 5.82 Å². The Balaban J connectivity index is 1.42. The van der Waals surface area contributed by atoms with Gasteiger partial charge in [-0.3, -0.25) is 9.88 Å². The van der Waals surface area contributed by atoms with E-state index in [2.05, 4.69) is 39.7 Å². The second-order valence-corrected chi connectivity index (χ2v) is 9.17. The Bertz CT molecular complexity index is 861. The van der Waals surface area contributed by atoms with Crippen LogP contribution in [0, 0.1) is 6.92 Å². The number of hydrogen-bond acceptors (Lipinski definition) is 6. The molecule has 1 spiro atoms. The molecule has 4 heterocycles. The van der Waals surface area contributed by atoms with Gasteiger partial charge in [0.1, 0.15) is 11.6 Å². The molecule has 2 aromatic heterocycles. The molecule has 154 valence electrons. The first-order valence-corrected chi connectivity index (χ1v) is 11.1. The van der Waals surface area contributed by atoms with Crippen LogP contribution in [0.5, 0.6) is 0 Å². The van der Waals surface area contributed by atoms with Gasteiger partial charge in [-0.1, -0.05) is 6.07 Å². The van der Waals surface area contributed by atoms with E-state index in [4.69, 9.17) is 9.97 Å². The number of aryl methyl sites for hydroxylation is 1. The molecule has 1 atom stereocenters. The monoisotopic (exact) mass is 392 g/mol. The van der Waals surface area contributed by atoms with Gasteiger partial charge in [0.05, 0.1) is 5.69 Å². The molecule has 1 aliphatic carbocycles. The normalized spacial score (nSPS) is 25.5. The molecule has 6 nitrogen and oxygen atoms in total. The van der Waals surface area contributed by atoms with Crippen LogP contribution in [0.3, 0.4) is 0 Å². The van der Waals surface area contributed by atoms with Crippen molar-refractivity contribution in [3.63, 3.8) is 0 Å². The van der Waals surface area contributed by atoms with E-state index < -0.39 is 0 Å². The van der Waals surface area contributed by atoms with Gasteiger partial charge >= 0.3 is 0 Å². The number of likely N-dealkylation sites (tertiary alicyclic amines) is 1. The molecule has 2 saturated heterocycles. The highest BCUT2D eigenvalue weighted by atomic mass is 15.3. The number of fused-ring (bicyclic) bond motifs is 2. The quantitative estimate of drug-likeness (QED) is 0.800. The van der Waals surface area contributed by atoms with E-state index >= 15 is 0 Å². The molecule has 0 bridgehead atoms. The van der Waals surface area contributed by atoms with Crippen molar-refractivity contribution in [1.29, 1.82) is 0 Å². The van der Waals surface area contributed by atoms with Gasteiger partial charge in [0.15, 0.2) is 0 Å². The van der Waals surface area contributed by atoms with Gasteiger partial charge in [-0.15, -0.1) is 0 Å². The van der Waals surface area contributed by atoms with Crippen molar-refractivity contribution in [2.45, 2.75) is 44.6 Å². The average Bonchev–Trinajstić information content (AvgIpc) is 3.06. The van der Waals surface area contributed by atoms with Gasteiger partial charge in [0, 0.05) is 62.6 Å². The Kier molecular flexibility index (Phi) is 5.00. The minimum absolute atomic E-state index is 0.199. The maximum Gasteiger partial charge on any atom is 0.135 e. The maximum absolute atomic E-state index is 5.06. The fourth-order valence-corrected chi connectivity index (χ4v) is 5.52. The minimum Gasteiger partial charge on any atom is -0.354 e. The molecule has 0 saturated carbocycles. The lowest BCUT2D eigenvalue weighted by atomic mass is 9.77. The summed E-state index contributed by atoms with van der Waals surface area (Å²) in [5, 5.41) is 0. The van der Waals surface area contributed by atoms with Crippen molar-refractivity contribution in [3.8, 4) is 0 Å². The molecule has 0 N–H and O–H groups in total. The van der Waals surface area contributed by atoms with Crippen molar-refractivity contribution >= 4 is 5.82 Å². The van der Waals surface area contributed by atoms with Crippen LogP contribution in [-0.2, 0) is 18.4 Å². The van der Waals surface area contributed by atoms with Crippen LogP contribution in [-0.4, -0.2) is 71.1 Å². The zero-order valence-corrected chi connectivity index (χ0v) is 17.8. The lowest BCUT2D eigenvalue weighted by Crippen LogP contribution is -2.46. The van der Waals surface area contributed by atoms with E-state index in [1.165, 1.54) is 48.4 Å². The molecule has 2 aliphatic heterocycles. The lowest BCUT2D eigenvalue weighted by molar-refractivity contribution is 0.136. The smallest absolute Gasteiger partial charge is 0.135 e. The molecule has 2 fully saturated rings. The first-order valence-electron chi connectivity index (χ1n) is 11.1. The molecule has 0 aromatic carbocycles. The van der Waals surface area contributed by atoms with Gasteiger partial charge in [-0.05, 0) is 57.8 Å². The Morgan fingerprint density at radius 2 is 1.93 bits per heavy atom. The molecular formula is C23H32N6. The van der Waals surface area contributed by atoms with Crippen molar-refractivity contribution in [2.75, 3.05) is 51.2 Å². The third-order valence-electron chi connectivity index (χ3n) is 7.04. The van der Waals surface area contributed by atoms with E-state index in [9.17, 15) is 0 Å². The summed E-state index contributed by atoms with van der Waals surface area (Å²) >= 11 is 0. The molecule has 6 heteroatoms. The van der Waals surface area contributed by atoms with E-state index in [0.717, 1.165) is 51.5 Å². The number of rotatable bonds is 3. The number of piperazine rings is 1. The van der Waals surface area contributed by atoms with Crippen molar-refractivity contribution in [2.24, 2.45) is 0 Å². The second-order valence-electron chi connectivity index (χ2n) is 9.17. The van der Waals surface area contributed by atoms with Crippen LogP contribution in [0.1, 0.15) is 41.9 Å². The Morgan fingerprint density at radius 3 is 2.72 bits per heavy atom. The van der Waals surface area contributed by atoms with Crippen LogP contribution in [0.15, 0.2) is 24.5 Å². The van der Waals surface area contributed by atoms with Crippen molar-refractivity contribution in [1.82, 2.24) is 24.8 Å². The highest BCUT2D eigenvalue weighted by Crippen LogP contribution is 2.46. The minimum atomic E-state index is 0.199. The molecule has 5 rings (SSSR count). The summed E-state index contributed by atoms with van der Waals surface area (Å²) in [5.41, 5.74) is 4.29. The molecular weight excluding hydrogens is 360 g/mol. The van der Waals surface area contributed by atoms with Gasteiger partial charge < -0.3 is 9.80 Å². The average molecular weight is 393 g/mol. The molecule has 3 aliphatic rings. The van der Waals surface area contributed by atoms with Gasteiger partial charge in [0.25, 0.3) is 0 Å². The first kappa shape index (κ1) is 18.9. The van der Waals surface area contributed by atoms with E-state index in [1.54, 1.807) is 0 Å². The fraction of sp³-hybridized carbons (Fsp3) is 0.609. The van der Waals surface area contributed by atoms with Crippen LogP contribution >= 0.6 is 0 Å². The highest BCUT2D eigenvalue weighted by Gasteiger charge is 2.45. The number of piperidine rings is 1. The van der Waals surface area contributed by atoms with Crippen molar-refractivity contribution in [3.05, 3.63) is 47.2 Å². The third kappa shape index (κ3) is 3.64. The zero-order valence-electron chi connectivity index (χ0n) is 17.8. The fourth-order valence-electron chi connectivity index (χ4n) is 5.52. The Morgan fingerprint density at radius 1 is 1.07 bits per heavy atom. The summed E-state index contributed by atoms with van der Waals surface area (Å²) in [7, 11) is 2.21. The predicted molar refractivity (Wildman–Crippen MR) is 115 cm³/mol. The Hall–Kier alpha value is -2.05. The molecule has 29 heavy (non-hydrogen) atoms. The molecule has 2 aromatic rings. The highest BCUT2D eigenvalue weighted by molar-refractivity contribution is 5.54. The SMILES string of the molecule is Cc1nc(N2CCN(C)CC2)c2c(n1)C1(CCCN(Cc3cccnc3)C1)CC2. The summed E-state index contributed by atoms with van der Waals surface area (Å²) in [5.74, 6) is 2.16. The largest absolute Gasteiger partial charge is 0.354 e. The molecule has 0 radical (unpaired) electrons. The maximum atomic E-state index is 5.06. The summed E-state index contributed by atoms with van der Waals surface area (Å²) in [6.45, 7) is 9.69. The summed E-state index contributed by atoms with van der Waals surface area (Å²) in [4.78, 5) is 21.8. The zero-order chi connectivity index (χ0) is 19.8. The van der Waals surface area contributed by atoms with E-state index in [1.807, 2.05) is 18.5 Å². The van der Waals surface area contributed by atoms with Crippen LogP contribution in [0.2, 0.25) is 0 Å². The van der Waals surface area contributed by atoms with Crippen molar-refractivity contribution < 1.29 is 0 Å². The van der Waals surface area contributed by atoms with Gasteiger partial charge in [-0.2, -0.15) is 0 Å². The van der Waals surface area contributed by atoms with Crippen LogP contribution in [0.25, 0.3) is 0 Å². The Labute approximate surface area is 174 Å². The molecule has 0 amide bonds. The van der Waals surface area contributed by atoms with E-state index in [-0.39, 0.29) is 5.41 Å². The number of hydrogen-bond donors (Lipinski definition) is 0. The van der Waals surface area contributed by atoms with E-state index in [0.29, 0.717) is 0 Å². The second kappa shape index (κ2) is 7.65. The standard InChI is InChI=1S/C23H32N6/c1-18-25-21-20(22(26-18)29-13-11-27(2)12-14-29)6-8-23(21)7-4-10-28(17-23)16-19-5-3-9-24-15-19/h3,5,9,15H,4,6-8,10-14,16-17H2,1-2H3. The number of pyridine rings is 1. The summed E-state index contributed by atoms with van der Waals surface area (Å²) in [6.07, 6.45) is 8.69. The third-order valence-corrected chi connectivity index (χ3v) is 7.04. The number of aromatic nitrogens is 3. The van der Waals surface area contributed by atoms with Gasteiger partial charge in [-0.25, -0.2) is 9.97 Å². The first-order chi connectivity index (χ1) is 14.1. The van der Waals surface area contributed by atoms with Gasteiger partial charge in [0.2, 0.25) is 0 Å². The molecule has 1 unspecified atom stereocenters. The lowest BCUT2D eigenvalue weighted by Gasteiger charge is -2.41. The topological polar surface area (TPSA) is 48.4 Å². The summed E-state index contributed by atoms with van der Waals surface area (Å²) in [6, 6.07) is 4.23.